The van der Waals surface area contributed by atoms with Gasteiger partial charge in [0.2, 0.25) is 5.91 Å². The number of hydrogen-bond acceptors (Lipinski definition) is 4. The Kier molecular flexibility index (Phi) is 13.5. The summed E-state index contributed by atoms with van der Waals surface area (Å²) in [6, 6.07) is 3.57. The van der Waals surface area contributed by atoms with Crippen LogP contribution in [0.1, 0.15) is 78.9 Å². The van der Waals surface area contributed by atoms with Crippen molar-refractivity contribution in [1.29, 1.82) is 0 Å². The fraction of sp³-hybridized carbons (Fsp3) is 0.361. The van der Waals surface area contributed by atoms with Crippen molar-refractivity contribution < 1.29 is 36.3 Å². The Hall–Kier alpha value is -4.06. The fourth-order valence-corrected chi connectivity index (χ4v) is 6.16. The molecule has 258 valence electrons. The first-order valence-corrected chi connectivity index (χ1v) is 16.2. The molecular formula is C36H38BrF5N2O4. The molecule has 0 aliphatic heterocycles. The second kappa shape index (κ2) is 16.9. The molecule has 3 rings (SSSR count). The summed E-state index contributed by atoms with van der Waals surface area (Å²) in [6.07, 6.45) is 1.39. The van der Waals surface area contributed by atoms with Crippen molar-refractivity contribution in [2.24, 2.45) is 0 Å². The van der Waals surface area contributed by atoms with E-state index in [0.717, 1.165) is 30.0 Å². The number of benzene rings is 2. The third-order valence-electron chi connectivity index (χ3n) is 7.79. The highest BCUT2D eigenvalue weighted by Crippen LogP contribution is 2.36. The molecule has 1 N–H and O–H groups in total. The number of aromatic nitrogens is 1. The zero-order valence-electron chi connectivity index (χ0n) is 27.0. The number of pyridine rings is 1. The Morgan fingerprint density at radius 2 is 1.75 bits per heavy atom. The lowest BCUT2D eigenvalue weighted by Gasteiger charge is -2.25. The summed E-state index contributed by atoms with van der Waals surface area (Å²) < 4.78 is 76.3. The number of hydrogen-bond donors (Lipinski definition) is 1. The van der Waals surface area contributed by atoms with Crippen LogP contribution >= 0.6 is 15.9 Å². The van der Waals surface area contributed by atoms with E-state index in [0.29, 0.717) is 34.7 Å². The molecule has 0 bridgehead atoms. The quantitative estimate of drug-likeness (QED) is 0.0732. The molecule has 0 aliphatic rings. The molecule has 3 aromatic rings. The molecule has 1 aromatic heterocycles. The van der Waals surface area contributed by atoms with Gasteiger partial charge in [0.1, 0.15) is 17.7 Å². The van der Waals surface area contributed by atoms with Gasteiger partial charge in [-0.15, -0.1) is 13.2 Å². The molecule has 48 heavy (non-hydrogen) atoms. The highest BCUT2D eigenvalue weighted by Gasteiger charge is 2.35. The smallest absolute Gasteiger partial charge is 0.417 e. The molecule has 0 unspecified atom stereocenters. The lowest BCUT2D eigenvalue weighted by Crippen LogP contribution is -2.40. The van der Waals surface area contributed by atoms with E-state index in [4.69, 9.17) is 4.74 Å². The lowest BCUT2D eigenvalue weighted by molar-refractivity contribution is -0.144. The number of esters is 1. The van der Waals surface area contributed by atoms with Gasteiger partial charge in [-0.25, -0.2) is 8.78 Å². The minimum Gasteiger partial charge on any atom is -0.466 e. The molecule has 1 heterocycles. The molecule has 0 spiro atoms. The number of carbonyl (C=O) groups excluding carboxylic acids is 2. The number of halogens is 6. The van der Waals surface area contributed by atoms with Crippen LogP contribution in [-0.4, -0.2) is 23.1 Å². The maximum atomic E-state index is 16.0. The summed E-state index contributed by atoms with van der Waals surface area (Å²) in [6.45, 7) is 12.2. The first kappa shape index (κ1) is 38.4. The van der Waals surface area contributed by atoms with Gasteiger partial charge >= 0.3 is 12.1 Å². The van der Waals surface area contributed by atoms with Gasteiger partial charge in [0.05, 0.1) is 24.6 Å². The average molecular weight is 738 g/mol. The SMILES string of the molecule is C=CCCCCc1cc(F)cc(C)c1-c1cc(C)c(F)c([C@H](CC(=O)OCC)NC(=O)[C@H](CC=C)n2cc(Br)c(C(F)(F)F)cc2=O)c1. The van der Waals surface area contributed by atoms with E-state index < -0.39 is 63.8 Å². The van der Waals surface area contributed by atoms with Crippen LogP contribution in [0.3, 0.4) is 0 Å². The molecule has 0 fully saturated rings. The Bertz CT molecular complexity index is 1730. The van der Waals surface area contributed by atoms with Gasteiger partial charge in [0.15, 0.2) is 0 Å². The number of amides is 1. The van der Waals surface area contributed by atoms with E-state index in [2.05, 4.69) is 34.4 Å². The highest BCUT2D eigenvalue weighted by molar-refractivity contribution is 9.10. The number of unbranched alkanes of at least 4 members (excludes halogenated alkanes) is 2. The van der Waals surface area contributed by atoms with E-state index in [1.165, 1.54) is 31.2 Å². The van der Waals surface area contributed by atoms with E-state index in [1.54, 1.807) is 26.0 Å². The number of alkyl halides is 3. The summed E-state index contributed by atoms with van der Waals surface area (Å²) in [7, 11) is 0. The molecule has 2 aromatic carbocycles. The molecule has 0 saturated heterocycles. The van der Waals surface area contributed by atoms with E-state index in [1.807, 2.05) is 0 Å². The third kappa shape index (κ3) is 9.52. The number of nitrogens with one attached hydrogen (secondary N) is 1. The summed E-state index contributed by atoms with van der Waals surface area (Å²) in [5, 5.41) is 2.64. The maximum absolute atomic E-state index is 16.0. The van der Waals surface area contributed by atoms with E-state index in [9.17, 15) is 31.9 Å². The Morgan fingerprint density at radius 3 is 2.38 bits per heavy atom. The van der Waals surface area contributed by atoms with E-state index in [-0.39, 0.29) is 24.2 Å². The standard InChI is InChI=1S/C36H38BrF5N2O4/c1-6-9-10-11-13-23-16-25(38)15-21(4)33(23)24-14-22(5)34(39)26(17-24)29(19-32(46)48-8-3)43-35(47)30(12-7-2)44-20-28(37)27(18-31(44)45)36(40,41)42/h6-7,14-18,20,29-30H,1-2,8-13,19H2,3-5H3,(H,43,47)/t29-,30-/m0/s1. The second-order valence-corrected chi connectivity index (χ2v) is 12.2. The number of aryl methyl sites for hydroxylation is 3. The molecule has 0 aliphatic carbocycles. The van der Waals surface area contributed by atoms with Crippen molar-refractivity contribution in [3.05, 3.63) is 116 Å². The van der Waals surface area contributed by atoms with Crippen LogP contribution in [0.25, 0.3) is 11.1 Å². The number of ether oxygens (including phenoxy) is 1. The largest absolute Gasteiger partial charge is 0.466 e. The zero-order chi connectivity index (χ0) is 35.8. The lowest BCUT2D eigenvalue weighted by atomic mass is 9.88. The number of nitrogens with zero attached hydrogens (tertiary/aromatic N) is 1. The minimum absolute atomic E-state index is 0.0130. The zero-order valence-corrected chi connectivity index (χ0v) is 28.6. The topological polar surface area (TPSA) is 77.4 Å². The van der Waals surface area contributed by atoms with Crippen molar-refractivity contribution in [2.45, 2.75) is 77.6 Å². The average Bonchev–Trinajstić information content (AvgIpc) is 2.99. The molecule has 0 saturated carbocycles. The van der Waals surface area contributed by atoms with Crippen LogP contribution in [0.5, 0.6) is 0 Å². The predicted molar refractivity (Wildman–Crippen MR) is 178 cm³/mol. The Balaban J connectivity index is 2.14. The molecular weight excluding hydrogens is 699 g/mol. The number of carbonyl (C=O) groups is 2. The van der Waals surface area contributed by atoms with Crippen LogP contribution in [0, 0.1) is 25.5 Å². The van der Waals surface area contributed by atoms with Crippen LogP contribution in [-0.2, 0) is 26.9 Å². The van der Waals surface area contributed by atoms with Gasteiger partial charge in [-0.1, -0.05) is 12.2 Å². The third-order valence-corrected chi connectivity index (χ3v) is 8.42. The van der Waals surface area contributed by atoms with Crippen LogP contribution in [0.15, 0.2) is 71.1 Å². The highest BCUT2D eigenvalue weighted by atomic mass is 79.9. The normalized spacial score (nSPS) is 12.7. The minimum atomic E-state index is -4.83. The Labute approximate surface area is 284 Å². The molecule has 0 radical (unpaired) electrons. The molecule has 2 atom stereocenters. The van der Waals surface area contributed by atoms with Gasteiger partial charge in [0, 0.05) is 22.3 Å². The summed E-state index contributed by atoms with van der Waals surface area (Å²) >= 11 is 2.83. The van der Waals surface area contributed by atoms with Crippen LogP contribution < -0.4 is 10.9 Å². The predicted octanol–water partition coefficient (Wildman–Crippen LogP) is 9.02. The fourth-order valence-electron chi connectivity index (χ4n) is 5.60. The van der Waals surface area contributed by atoms with Crippen molar-refractivity contribution in [3.8, 4) is 11.1 Å². The van der Waals surface area contributed by atoms with Gasteiger partial charge in [-0.2, -0.15) is 13.2 Å². The van der Waals surface area contributed by atoms with Gasteiger partial charge in [-0.05, 0) is 121 Å². The summed E-state index contributed by atoms with van der Waals surface area (Å²) in [5.41, 5.74) is 0.342. The molecule has 6 nitrogen and oxygen atoms in total. The van der Waals surface area contributed by atoms with Gasteiger partial charge in [0.25, 0.3) is 5.56 Å². The van der Waals surface area contributed by atoms with Crippen molar-refractivity contribution in [2.75, 3.05) is 6.61 Å². The van der Waals surface area contributed by atoms with Gasteiger partial charge < -0.3 is 14.6 Å². The van der Waals surface area contributed by atoms with Crippen molar-refractivity contribution >= 4 is 27.8 Å². The monoisotopic (exact) mass is 736 g/mol. The molecule has 12 heteroatoms. The van der Waals surface area contributed by atoms with Crippen molar-refractivity contribution in [1.82, 2.24) is 9.88 Å². The summed E-state index contributed by atoms with van der Waals surface area (Å²) in [5.74, 6) is -2.75. The van der Waals surface area contributed by atoms with Crippen LogP contribution in [0.4, 0.5) is 22.0 Å². The van der Waals surface area contributed by atoms with E-state index >= 15 is 4.39 Å². The first-order valence-electron chi connectivity index (χ1n) is 15.4. The second-order valence-electron chi connectivity index (χ2n) is 11.4. The Morgan fingerprint density at radius 1 is 1.04 bits per heavy atom. The van der Waals surface area contributed by atoms with Crippen molar-refractivity contribution in [3.63, 3.8) is 0 Å². The summed E-state index contributed by atoms with van der Waals surface area (Å²) in [4.78, 5) is 39.4. The molecule has 1 amide bonds. The first-order chi connectivity index (χ1) is 22.6. The maximum Gasteiger partial charge on any atom is 0.417 e. The van der Waals surface area contributed by atoms with Crippen LogP contribution in [0.2, 0.25) is 0 Å². The number of rotatable bonds is 15. The number of allylic oxidation sites excluding steroid dienone is 2. The van der Waals surface area contributed by atoms with Gasteiger partial charge in [-0.3, -0.25) is 14.4 Å².